The summed E-state index contributed by atoms with van der Waals surface area (Å²) >= 11 is 0. The average molecular weight is 390 g/mol. The van der Waals surface area contributed by atoms with Crippen molar-refractivity contribution in [3.8, 4) is 0 Å². The normalized spacial score (nSPS) is 12.8. The first-order chi connectivity index (χ1) is 12.5. The number of halogens is 3. The molecule has 2 heterocycles. The molecule has 1 amide bonds. The van der Waals surface area contributed by atoms with E-state index >= 15 is 0 Å². The molecule has 0 aliphatic heterocycles. The van der Waals surface area contributed by atoms with Crippen LogP contribution in [0.1, 0.15) is 12.6 Å². The van der Waals surface area contributed by atoms with Crippen molar-refractivity contribution < 1.29 is 27.6 Å². The SMILES string of the molecule is Cc1cc([N+](=O)[O-])nn1CC(C)C(=O)Nc1cnn(COCC(F)(F)F)c1. The van der Waals surface area contributed by atoms with E-state index in [4.69, 9.17) is 0 Å². The molecule has 0 aliphatic carbocycles. The predicted molar refractivity (Wildman–Crippen MR) is 85.6 cm³/mol. The minimum absolute atomic E-state index is 0.119. The molecule has 2 aromatic rings. The first kappa shape index (κ1) is 20.4. The molecule has 1 unspecified atom stereocenters. The van der Waals surface area contributed by atoms with Crippen molar-refractivity contribution in [1.82, 2.24) is 19.6 Å². The van der Waals surface area contributed by atoms with E-state index in [-0.39, 0.29) is 18.1 Å². The van der Waals surface area contributed by atoms with Gasteiger partial charge < -0.3 is 20.2 Å². The first-order valence-electron chi connectivity index (χ1n) is 7.72. The quantitative estimate of drug-likeness (QED) is 0.545. The third-order valence-electron chi connectivity index (χ3n) is 3.44. The van der Waals surface area contributed by atoms with Crippen LogP contribution in [-0.2, 0) is 22.8 Å². The molecule has 0 radical (unpaired) electrons. The van der Waals surface area contributed by atoms with Crippen molar-refractivity contribution in [3.05, 3.63) is 34.3 Å². The van der Waals surface area contributed by atoms with Gasteiger partial charge in [0, 0.05) is 0 Å². The number of carbonyl (C=O) groups is 1. The second-order valence-electron chi connectivity index (χ2n) is 5.83. The van der Waals surface area contributed by atoms with Crippen molar-refractivity contribution in [3.63, 3.8) is 0 Å². The van der Waals surface area contributed by atoms with E-state index in [1.54, 1.807) is 13.8 Å². The number of amides is 1. The van der Waals surface area contributed by atoms with Gasteiger partial charge in [-0.25, -0.2) is 4.68 Å². The Morgan fingerprint density at radius 2 is 2.19 bits per heavy atom. The lowest BCUT2D eigenvalue weighted by Crippen LogP contribution is -2.25. The van der Waals surface area contributed by atoms with Crippen LogP contribution in [0.25, 0.3) is 0 Å². The summed E-state index contributed by atoms with van der Waals surface area (Å²) in [5, 5.41) is 20.9. The maximum atomic E-state index is 12.2. The van der Waals surface area contributed by atoms with E-state index in [1.807, 2.05) is 0 Å². The number of nitrogens with one attached hydrogen (secondary N) is 1. The minimum atomic E-state index is -4.43. The molecule has 1 atom stereocenters. The Kier molecular flexibility index (Phi) is 6.15. The van der Waals surface area contributed by atoms with Crippen LogP contribution in [0.15, 0.2) is 18.5 Å². The molecular formula is C14H17F3N6O4. The van der Waals surface area contributed by atoms with Crippen molar-refractivity contribution >= 4 is 17.4 Å². The van der Waals surface area contributed by atoms with Crippen LogP contribution in [0.4, 0.5) is 24.7 Å². The molecule has 10 nitrogen and oxygen atoms in total. The van der Waals surface area contributed by atoms with Crippen LogP contribution in [0.3, 0.4) is 0 Å². The summed E-state index contributed by atoms with van der Waals surface area (Å²) in [4.78, 5) is 22.3. The van der Waals surface area contributed by atoms with Crippen LogP contribution < -0.4 is 5.32 Å². The second-order valence-corrected chi connectivity index (χ2v) is 5.83. The molecule has 0 aliphatic rings. The summed E-state index contributed by atoms with van der Waals surface area (Å²) in [7, 11) is 0. The van der Waals surface area contributed by atoms with Crippen LogP contribution >= 0.6 is 0 Å². The molecule has 2 rings (SSSR count). The van der Waals surface area contributed by atoms with Gasteiger partial charge in [-0.05, 0) is 11.8 Å². The summed E-state index contributed by atoms with van der Waals surface area (Å²) in [5.41, 5.74) is 0.821. The zero-order chi connectivity index (χ0) is 20.2. The number of carbonyl (C=O) groups excluding carboxylic acids is 1. The molecule has 0 spiro atoms. The zero-order valence-electron chi connectivity index (χ0n) is 14.4. The average Bonchev–Trinajstić information content (AvgIpc) is 3.13. The van der Waals surface area contributed by atoms with Crippen LogP contribution in [0.5, 0.6) is 0 Å². The second kappa shape index (κ2) is 8.16. The van der Waals surface area contributed by atoms with Gasteiger partial charge in [-0.15, -0.1) is 0 Å². The van der Waals surface area contributed by atoms with Gasteiger partial charge in [0.25, 0.3) is 0 Å². The Hall–Kier alpha value is -2.96. The van der Waals surface area contributed by atoms with Gasteiger partial charge in [0.05, 0.1) is 47.4 Å². The molecular weight excluding hydrogens is 373 g/mol. The third-order valence-corrected chi connectivity index (χ3v) is 3.44. The summed E-state index contributed by atoms with van der Waals surface area (Å²) in [5.74, 6) is -1.28. The molecule has 2 aromatic heterocycles. The van der Waals surface area contributed by atoms with Crippen LogP contribution in [0.2, 0.25) is 0 Å². The number of hydrogen-bond donors (Lipinski definition) is 1. The van der Waals surface area contributed by atoms with Crippen molar-refractivity contribution in [2.75, 3.05) is 11.9 Å². The van der Waals surface area contributed by atoms with E-state index in [0.29, 0.717) is 5.69 Å². The van der Waals surface area contributed by atoms with E-state index in [1.165, 1.54) is 23.1 Å². The summed E-state index contributed by atoms with van der Waals surface area (Å²) in [6, 6.07) is 1.30. The van der Waals surface area contributed by atoms with Gasteiger partial charge in [0.15, 0.2) is 0 Å². The molecule has 13 heteroatoms. The Morgan fingerprint density at radius 3 is 2.78 bits per heavy atom. The molecule has 0 fully saturated rings. The Morgan fingerprint density at radius 1 is 1.48 bits per heavy atom. The van der Waals surface area contributed by atoms with Gasteiger partial charge in [-0.1, -0.05) is 6.92 Å². The van der Waals surface area contributed by atoms with Gasteiger partial charge in [0.2, 0.25) is 5.91 Å². The molecule has 148 valence electrons. The fraction of sp³-hybridized carbons (Fsp3) is 0.500. The lowest BCUT2D eigenvalue weighted by atomic mass is 10.1. The third kappa shape index (κ3) is 6.06. The van der Waals surface area contributed by atoms with Gasteiger partial charge in [-0.2, -0.15) is 23.0 Å². The van der Waals surface area contributed by atoms with E-state index in [2.05, 4.69) is 20.3 Å². The molecule has 0 saturated carbocycles. The Balaban J connectivity index is 1.88. The first-order valence-corrected chi connectivity index (χ1v) is 7.72. The molecule has 27 heavy (non-hydrogen) atoms. The van der Waals surface area contributed by atoms with Crippen LogP contribution in [0, 0.1) is 23.0 Å². The highest BCUT2D eigenvalue weighted by Crippen LogP contribution is 2.16. The van der Waals surface area contributed by atoms with E-state index in [0.717, 1.165) is 4.68 Å². The number of aryl methyl sites for hydroxylation is 1. The fourth-order valence-corrected chi connectivity index (χ4v) is 2.13. The van der Waals surface area contributed by atoms with Crippen molar-refractivity contribution in [1.29, 1.82) is 0 Å². The molecule has 0 aromatic carbocycles. The standard InChI is InChI=1S/C14H17F3N6O4/c1-9(5-22-10(2)3-12(20-22)23(25)26)13(24)19-11-4-18-21(6-11)8-27-7-14(15,16)17/h3-4,6,9H,5,7-8H2,1-2H3,(H,19,24). The maximum Gasteiger partial charge on any atom is 0.411 e. The number of hydrogen-bond acceptors (Lipinski definition) is 6. The van der Waals surface area contributed by atoms with E-state index in [9.17, 15) is 28.1 Å². The fourth-order valence-electron chi connectivity index (χ4n) is 2.13. The number of alkyl halides is 3. The topological polar surface area (TPSA) is 117 Å². The highest BCUT2D eigenvalue weighted by atomic mass is 19.4. The Labute approximate surface area is 151 Å². The van der Waals surface area contributed by atoms with E-state index < -0.39 is 36.3 Å². The summed E-state index contributed by atoms with van der Waals surface area (Å²) < 4.78 is 43.0. The van der Waals surface area contributed by atoms with Gasteiger partial charge in [0.1, 0.15) is 13.3 Å². The number of ether oxygens (including phenoxy) is 1. The monoisotopic (exact) mass is 390 g/mol. The van der Waals surface area contributed by atoms with Crippen molar-refractivity contribution in [2.45, 2.75) is 33.3 Å². The highest BCUT2D eigenvalue weighted by molar-refractivity contribution is 5.91. The molecule has 1 N–H and O–H groups in total. The lowest BCUT2D eigenvalue weighted by molar-refractivity contribution is -0.389. The number of aromatic nitrogens is 4. The van der Waals surface area contributed by atoms with Crippen LogP contribution in [-0.4, -0.2) is 43.2 Å². The minimum Gasteiger partial charge on any atom is -0.358 e. The maximum absolute atomic E-state index is 12.2. The van der Waals surface area contributed by atoms with Gasteiger partial charge in [-0.3, -0.25) is 4.79 Å². The summed E-state index contributed by atoms with van der Waals surface area (Å²) in [6.07, 6.45) is -1.84. The lowest BCUT2D eigenvalue weighted by Gasteiger charge is -2.10. The zero-order valence-corrected chi connectivity index (χ0v) is 14.4. The number of anilines is 1. The molecule has 0 saturated heterocycles. The molecule has 0 bridgehead atoms. The highest BCUT2D eigenvalue weighted by Gasteiger charge is 2.27. The number of nitro groups is 1. The number of rotatable bonds is 8. The van der Waals surface area contributed by atoms with Gasteiger partial charge >= 0.3 is 12.0 Å². The number of nitrogens with zero attached hydrogens (tertiary/aromatic N) is 5. The smallest absolute Gasteiger partial charge is 0.358 e. The Bertz CT molecular complexity index is 816. The largest absolute Gasteiger partial charge is 0.411 e. The van der Waals surface area contributed by atoms with Crippen molar-refractivity contribution in [2.24, 2.45) is 5.92 Å². The predicted octanol–water partition coefficient (Wildman–Crippen LogP) is 2.11. The summed E-state index contributed by atoms with van der Waals surface area (Å²) in [6.45, 7) is 1.55.